The molecule has 0 bridgehead atoms. The third-order valence-electron chi connectivity index (χ3n) is 5.57. The highest BCUT2D eigenvalue weighted by Crippen LogP contribution is 2.28. The largest absolute Gasteiger partial charge is 0.332 e. The van der Waals surface area contributed by atoms with Crippen molar-refractivity contribution in [2.45, 2.75) is 25.7 Å². The van der Waals surface area contributed by atoms with E-state index in [2.05, 4.69) is 6.92 Å². The van der Waals surface area contributed by atoms with E-state index in [0.717, 1.165) is 30.8 Å². The molecule has 1 N–H and O–H groups in total. The number of amides is 1. The van der Waals surface area contributed by atoms with E-state index >= 15 is 0 Å². The molecule has 1 heterocycles. The number of piperazine rings is 1. The van der Waals surface area contributed by atoms with Crippen molar-refractivity contribution in [2.75, 3.05) is 43.6 Å². The number of likely N-dealkylation sites (N-methyl/N-ethyl adjacent to an activating group) is 1. The van der Waals surface area contributed by atoms with E-state index in [1.807, 2.05) is 32.0 Å². The van der Waals surface area contributed by atoms with Crippen LogP contribution in [0.25, 0.3) is 0 Å². The highest BCUT2D eigenvalue weighted by Gasteiger charge is 2.31. The van der Waals surface area contributed by atoms with E-state index < -0.39 is 10.0 Å². The SMILES string of the molecule is CC[NH+]1CCN(C(=O)CN(c2cc(C)ccc2C)S(=O)(=O)c2ccccc2)CC1. The van der Waals surface area contributed by atoms with Gasteiger partial charge in [-0.2, -0.15) is 0 Å². The van der Waals surface area contributed by atoms with Crippen LogP contribution in [0.1, 0.15) is 18.1 Å². The van der Waals surface area contributed by atoms with E-state index in [1.54, 1.807) is 35.2 Å². The van der Waals surface area contributed by atoms with Crippen molar-refractivity contribution in [3.05, 3.63) is 59.7 Å². The Morgan fingerprint density at radius 3 is 2.34 bits per heavy atom. The first-order valence-electron chi connectivity index (χ1n) is 10.1. The molecule has 0 aliphatic carbocycles. The normalized spacial score (nSPS) is 15.3. The number of carbonyl (C=O) groups excluding carboxylic acids is 1. The van der Waals surface area contributed by atoms with E-state index in [-0.39, 0.29) is 17.3 Å². The van der Waals surface area contributed by atoms with Crippen LogP contribution in [-0.4, -0.2) is 58.5 Å². The average molecular weight is 417 g/mol. The molecule has 1 aliphatic heterocycles. The molecule has 1 fully saturated rings. The summed E-state index contributed by atoms with van der Waals surface area (Å²) in [5.41, 5.74) is 2.33. The van der Waals surface area contributed by atoms with Gasteiger partial charge in [-0.15, -0.1) is 0 Å². The first-order chi connectivity index (χ1) is 13.8. The van der Waals surface area contributed by atoms with Crippen molar-refractivity contribution in [3.63, 3.8) is 0 Å². The number of anilines is 1. The van der Waals surface area contributed by atoms with Crippen molar-refractivity contribution in [2.24, 2.45) is 0 Å². The molecule has 7 heteroatoms. The number of nitrogens with one attached hydrogen (secondary N) is 1. The van der Waals surface area contributed by atoms with Crippen LogP contribution in [0, 0.1) is 13.8 Å². The van der Waals surface area contributed by atoms with Crippen molar-refractivity contribution in [3.8, 4) is 0 Å². The van der Waals surface area contributed by atoms with Crippen LogP contribution in [0.5, 0.6) is 0 Å². The first kappa shape index (κ1) is 21.3. The lowest BCUT2D eigenvalue weighted by molar-refractivity contribution is -0.902. The van der Waals surface area contributed by atoms with Crippen LogP contribution in [0.2, 0.25) is 0 Å². The molecule has 0 radical (unpaired) electrons. The molecule has 6 nitrogen and oxygen atoms in total. The van der Waals surface area contributed by atoms with Crippen LogP contribution < -0.4 is 9.21 Å². The Hall–Kier alpha value is -2.38. The van der Waals surface area contributed by atoms with Gasteiger partial charge in [-0.25, -0.2) is 8.42 Å². The van der Waals surface area contributed by atoms with Gasteiger partial charge in [-0.1, -0.05) is 30.3 Å². The molecule has 0 unspecified atom stereocenters. The van der Waals surface area contributed by atoms with Crippen LogP contribution in [0.15, 0.2) is 53.4 Å². The third kappa shape index (κ3) is 4.79. The molecular weight excluding hydrogens is 386 g/mol. The Bertz CT molecular complexity index is 953. The molecule has 0 aromatic heterocycles. The lowest BCUT2D eigenvalue weighted by Crippen LogP contribution is -3.14. The van der Waals surface area contributed by atoms with E-state index in [1.165, 1.54) is 9.21 Å². The number of benzene rings is 2. The minimum absolute atomic E-state index is 0.152. The van der Waals surface area contributed by atoms with Gasteiger partial charge in [0.15, 0.2) is 0 Å². The summed E-state index contributed by atoms with van der Waals surface area (Å²) in [5, 5.41) is 0. The zero-order chi connectivity index (χ0) is 21.0. The summed E-state index contributed by atoms with van der Waals surface area (Å²) in [6, 6.07) is 14.0. The van der Waals surface area contributed by atoms with Gasteiger partial charge in [-0.3, -0.25) is 9.10 Å². The van der Waals surface area contributed by atoms with Crippen LogP contribution in [0.4, 0.5) is 5.69 Å². The zero-order valence-corrected chi connectivity index (χ0v) is 18.2. The number of hydrogen-bond donors (Lipinski definition) is 1. The number of sulfonamides is 1. The Kier molecular flexibility index (Phi) is 6.59. The second-order valence-electron chi connectivity index (χ2n) is 7.60. The molecule has 3 rings (SSSR count). The quantitative estimate of drug-likeness (QED) is 0.771. The Morgan fingerprint density at radius 1 is 1.07 bits per heavy atom. The summed E-state index contributed by atoms with van der Waals surface area (Å²) in [4.78, 5) is 16.5. The Labute approximate surface area is 173 Å². The molecule has 1 aliphatic rings. The van der Waals surface area contributed by atoms with Gasteiger partial charge in [0.25, 0.3) is 10.0 Å². The maximum absolute atomic E-state index is 13.5. The average Bonchev–Trinajstić information content (AvgIpc) is 2.74. The molecule has 0 atom stereocenters. The number of rotatable bonds is 6. The second-order valence-corrected chi connectivity index (χ2v) is 9.46. The van der Waals surface area contributed by atoms with E-state index in [0.29, 0.717) is 18.8 Å². The standard InChI is InChI=1S/C22H29N3O3S/c1-4-23-12-14-24(15-13-23)22(26)17-25(21-16-18(2)10-11-19(21)3)29(27,28)20-8-6-5-7-9-20/h5-11,16H,4,12-15,17H2,1-3H3/p+1. The Balaban J connectivity index is 1.94. The zero-order valence-electron chi connectivity index (χ0n) is 17.4. The van der Waals surface area contributed by atoms with Gasteiger partial charge in [0, 0.05) is 0 Å². The number of quaternary nitrogens is 1. The van der Waals surface area contributed by atoms with Crippen molar-refractivity contribution in [1.29, 1.82) is 0 Å². The van der Waals surface area contributed by atoms with Crippen molar-refractivity contribution >= 4 is 21.6 Å². The van der Waals surface area contributed by atoms with Crippen molar-refractivity contribution < 1.29 is 18.1 Å². The van der Waals surface area contributed by atoms with Gasteiger partial charge in [0.05, 0.1) is 43.3 Å². The van der Waals surface area contributed by atoms with Gasteiger partial charge in [-0.05, 0) is 50.1 Å². The van der Waals surface area contributed by atoms with Crippen LogP contribution in [-0.2, 0) is 14.8 Å². The molecule has 156 valence electrons. The summed E-state index contributed by atoms with van der Waals surface area (Å²) in [5.74, 6) is -0.152. The van der Waals surface area contributed by atoms with Gasteiger partial charge in [0.2, 0.25) is 5.91 Å². The molecule has 2 aromatic rings. The third-order valence-corrected chi connectivity index (χ3v) is 7.34. The molecule has 1 saturated heterocycles. The summed E-state index contributed by atoms with van der Waals surface area (Å²) in [6.07, 6.45) is 0. The fourth-order valence-electron chi connectivity index (χ4n) is 3.66. The molecule has 0 saturated carbocycles. The maximum atomic E-state index is 13.5. The molecule has 2 aromatic carbocycles. The van der Waals surface area contributed by atoms with Crippen LogP contribution >= 0.6 is 0 Å². The van der Waals surface area contributed by atoms with Gasteiger partial charge < -0.3 is 9.80 Å². The fourth-order valence-corrected chi connectivity index (χ4v) is 5.15. The number of hydrogen-bond acceptors (Lipinski definition) is 3. The Morgan fingerprint density at radius 2 is 1.72 bits per heavy atom. The molecule has 29 heavy (non-hydrogen) atoms. The monoisotopic (exact) mass is 416 g/mol. The lowest BCUT2D eigenvalue weighted by Gasteiger charge is -2.33. The van der Waals surface area contributed by atoms with E-state index in [4.69, 9.17) is 0 Å². The van der Waals surface area contributed by atoms with Gasteiger partial charge >= 0.3 is 0 Å². The summed E-state index contributed by atoms with van der Waals surface area (Å²) in [6.45, 7) is 9.90. The predicted octanol–water partition coefficient (Wildman–Crippen LogP) is 1.25. The molecule has 1 amide bonds. The summed E-state index contributed by atoms with van der Waals surface area (Å²) in [7, 11) is -3.86. The minimum Gasteiger partial charge on any atom is -0.332 e. The van der Waals surface area contributed by atoms with Gasteiger partial charge in [0.1, 0.15) is 6.54 Å². The van der Waals surface area contributed by atoms with Crippen LogP contribution in [0.3, 0.4) is 0 Å². The smallest absolute Gasteiger partial charge is 0.264 e. The molecule has 0 spiro atoms. The van der Waals surface area contributed by atoms with Crippen molar-refractivity contribution in [1.82, 2.24) is 4.90 Å². The highest BCUT2D eigenvalue weighted by atomic mass is 32.2. The number of carbonyl (C=O) groups is 1. The maximum Gasteiger partial charge on any atom is 0.264 e. The minimum atomic E-state index is -3.86. The topological polar surface area (TPSA) is 62.1 Å². The fraction of sp³-hybridized carbons (Fsp3) is 0.409. The van der Waals surface area contributed by atoms with E-state index in [9.17, 15) is 13.2 Å². The summed E-state index contributed by atoms with van der Waals surface area (Å²) >= 11 is 0. The number of aryl methyl sites for hydroxylation is 2. The summed E-state index contributed by atoms with van der Waals surface area (Å²) < 4.78 is 28.2. The second kappa shape index (κ2) is 8.97. The number of nitrogens with zero attached hydrogens (tertiary/aromatic N) is 2. The molecular formula is C22H30N3O3S+. The predicted molar refractivity (Wildman–Crippen MR) is 115 cm³/mol. The highest BCUT2D eigenvalue weighted by molar-refractivity contribution is 7.92. The first-order valence-corrected chi connectivity index (χ1v) is 11.5. The lowest BCUT2D eigenvalue weighted by atomic mass is 10.1.